The highest BCUT2D eigenvalue weighted by atomic mass is 15.1. The third-order valence-electron chi connectivity index (χ3n) is 7.39. The Bertz CT molecular complexity index is 928. The van der Waals surface area contributed by atoms with E-state index in [0.717, 1.165) is 19.4 Å². The fraction of sp³-hybridized carbons (Fsp3) is 0.531. The summed E-state index contributed by atoms with van der Waals surface area (Å²) < 4.78 is 4.85. The first-order valence-electron chi connectivity index (χ1n) is 13.8. The molecular formula is C32H47N2+. The minimum absolute atomic E-state index is 0.0428. The van der Waals surface area contributed by atoms with Crippen LogP contribution >= 0.6 is 0 Å². The van der Waals surface area contributed by atoms with Gasteiger partial charge in [0.2, 0.25) is 0 Å². The average molecular weight is 460 g/mol. The number of aryl methyl sites for hydroxylation is 1. The lowest BCUT2D eigenvalue weighted by molar-refractivity contribution is -0.679. The molecule has 3 aromatic rings. The van der Waals surface area contributed by atoms with Gasteiger partial charge in [-0.25, -0.2) is 9.13 Å². The zero-order chi connectivity index (χ0) is 24.1. The summed E-state index contributed by atoms with van der Waals surface area (Å²) in [6.07, 6.45) is 20.6. The maximum Gasteiger partial charge on any atom is 0.256 e. The molecular weight excluding hydrogens is 412 g/mol. The first-order chi connectivity index (χ1) is 16.6. The second-order valence-electron chi connectivity index (χ2n) is 10.5. The van der Waals surface area contributed by atoms with Crippen LogP contribution in [0, 0.1) is 0 Å². The number of unbranched alkanes of at least 4 members (excludes halogenated alkanes) is 9. The van der Waals surface area contributed by atoms with Gasteiger partial charge in [-0.05, 0) is 24.0 Å². The number of aromatic nitrogens is 2. The van der Waals surface area contributed by atoms with Crippen molar-refractivity contribution in [2.24, 2.45) is 7.05 Å². The monoisotopic (exact) mass is 459 g/mol. The van der Waals surface area contributed by atoms with Crippen molar-refractivity contribution in [3.05, 3.63) is 90.0 Å². The molecule has 0 amide bonds. The molecule has 0 saturated carbocycles. The van der Waals surface area contributed by atoms with Crippen LogP contribution in [0.2, 0.25) is 0 Å². The predicted octanol–water partition coefficient (Wildman–Crippen LogP) is 7.98. The summed E-state index contributed by atoms with van der Waals surface area (Å²) in [5.74, 6) is 1.45. The quantitative estimate of drug-likeness (QED) is 0.152. The number of benzene rings is 2. The van der Waals surface area contributed by atoms with E-state index in [-0.39, 0.29) is 5.41 Å². The van der Waals surface area contributed by atoms with E-state index in [4.69, 9.17) is 0 Å². The van der Waals surface area contributed by atoms with Crippen molar-refractivity contribution in [3.8, 4) is 0 Å². The van der Waals surface area contributed by atoms with Crippen LogP contribution in [0.5, 0.6) is 0 Å². The Hall–Kier alpha value is -2.35. The largest absolute Gasteiger partial charge is 0.256 e. The molecule has 3 rings (SSSR count). The van der Waals surface area contributed by atoms with Crippen LogP contribution < -0.4 is 4.57 Å². The van der Waals surface area contributed by atoms with Crippen molar-refractivity contribution in [1.82, 2.24) is 4.57 Å². The van der Waals surface area contributed by atoms with E-state index >= 15 is 0 Å². The van der Waals surface area contributed by atoms with Crippen LogP contribution in [0.4, 0.5) is 0 Å². The van der Waals surface area contributed by atoms with E-state index < -0.39 is 0 Å². The van der Waals surface area contributed by atoms with Gasteiger partial charge in [0.15, 0.2) is 0 Å². The summed E-state index contributed by atoms with van der Waals surface area (Å²) in [4.78, 5) is 0. The van der Waals surface area contributed by atoms with Crippen molar-refractivity contribution in [3.63, 3.8) is 0 Å². The SMILES string of the molecule is CCCCCCCCCCCCc1n(CC(C)(Cc2ccccc2)c2ccccc2)cc[n+]1C. The van der Waals surface area contributed by atoms with E-state index in [1.54, 1.807) is 0 Å². The third-order valence-corrected chi connectivity index (χ3v) is 7.39. The molecule has 34 heavy (non-hydrogen) atoms. The number of rotatable bonds is 16. The van der Waals surface area contributed by atoms with E-state index in [1.165, 1.54) is 81.2 Å². The van der Waals surface area contributed by atoms with Gasteiger partial charge in [-0.2, -0.15) is 0 Å². The summed E-state index contributed by atoms with van der Waals surface area (Å²) in [6, 6.07) is 22.0. The number of imidazole rings is 1. The minimum atomic E-state index is 0.0428. The van der Waals surface area contributed by atoms with E-state index in [9.17, 15) is 0 Å². The van der Waals surface area contributed by atoms with Gasteiger partial charge in [-0.1, -0.05) is 132 Å². The molecule has 2 heteroatoms. The first kappa shape index (κ1) is 26.3. The number of hydrogen-bond acceptors (Lipinski definition) is 0. The maximum atomic E-state index is 2.52. The topological polar surface area (TPSA) is 8.81 Å². The normalized spacial score (nSPS) is 13.1. The molecule has 1 atom stereocenters. The van der Waals surface area contributed by atoms with Crippen LogP contribution in [-0.4, -0.2) is 4.57 Å². The summed E-state index contributed by atoms with van der Waals surface area (Å²) in [7, 11) is 2.21. The molecule has 0 saturated heterocycles. The molecule has 0 bridgehead atoms. The molecule has 0 aliphatic carbocycles. The molecule has 0 radical (unpaired) electrons. The minimum Gasteiger partial charge on any atom is -0.237 e. The second-order valence-corrected chi connectivity index (χ2v) is 10.5. The zero-order valence-electron chi connectivity index (χ0n) is 22.0. The van der Waals surface area contributed by atoms with Crippen LogP contribution in [0.3, 0.4) is 0 Å². The molecule has 1 heterocycles. The Morgan fingerprint density at radius 3 is 1.91 bits per heavy atom. The Kier molecular flexibility index (Phi) is 10.9. The highest BCUT2D eigenvalue weighted by Crippen LogP contribution is 2.31. The molecule has 1 unspecified atom stereocenters. The number of nitrogens with zero attached hydrogens (tertiary/aromatic N) is 2. The Morgan fingerprint density at radius 1 is 0.735 bits per heavy atom. The Labute approximate surface area is 209 Å². The van der Waals surface area contributed by atoms with Crippen LogP contribution in [0.1, 0.15) is 95.0 Å². The molecule has 2 aromatic carbocycles. The summed E-state index contributed by atoms with van der Waals surface area (Å²) in [5.41, 5.74) is 2.86. The van der Waals surface area contributed by atoms with Gasteiger partial charge < -0.3 is 0 Å². The van der Waals surface area contributed by atoms with Gasteiger partial charge in [0.25, 0.3) is 5.82 Å². The molecule has 0 fully saturated rings. The molecule has 1 aromatic heterocycles. The van der Waals surface area contributed by atoms with E-state index in [0.29, 0.717) is 0 Å². The van der Waals surface area contributed by atoms with Crippen molar-refractivity contribution in [1.29, 1.82) is 0 Å². The highest BCUT2D eigenvalue weighted by Gasteiger charge is 2.31. The van der Waals surface area contributed by atoms with Gasteiger partial charge in [0.05, 0.1) is 13.6 Å². The predicted molar refractivity (Wildman–Crippen MR) is 145 cm³/mol. The lowest BCUT2D eigenvalue weighted by atomic mass is 9.77. The van der Waals surface area contributed by atoms with E-state index in [2.05, 4.69) is 103 Å². The van der Waals surface area contributed by atoms with Crippen molar-refractivity contribution >= 4 is 0 Å². The molecule has 0 N–H and O–H groups in total. The van der Waals surface area contributed by atoms with Crippen LogP contribution in [-0.2, 0) is 31.8 Å². The lowest BCUT2D eigenvalue weighted by Gasteiger charge is -2.29. The van der Waals surface area contributed by atoms with Crippen molar-refractivity contribution < 1.29 is 4.57 Å². The first-order valence-corrected chi connectivity index (χ1v) is 13.8. The average Bonchev–Trinajstić information content (AvgIpc) is 3.20. The fourth-order valence-corrected chi connectivity index (χ4v) is 5.30. The zero-order valence-corrected chi connectivity index (χ0v) is 22.0. The summed E-state index contributed by atoms with van der Waals surface area (Å²) in [5, 5.41) is 0. The number of hydrogen-bond donors (Lipinski definition) is 0. The Balaban J connectivity index is 1.57. The highest BCUT2D eigenvalue weighted by molar-refractivity contribution is 5.29. The van der Waals surface area contributed by atoms with Gasteiger partial charge in [0, 0.05) is 11.8 Å². The van der Waals surface area contributed by atoms with Crippen molar-refractivity contribution in [2.75, 3.05) is 0 Å². The van der Waals surface area contributed by atoms with E-state index in [1.807, 2.05) is 0 Å². The third kappa shape index (κ3) is 8.15. The van der Waals surface area contributed by atoms with Crippen LogP contribution in [0.15, 0.2) is 73.1 Å². The molecule has 184 valence electrons. The van der Waals surface area contributed by atoms with Gasteiger partial charge in [-0.15, -0.1) is 0 Å². The van der Waals surface area contributed by atoms with Gasteiger partial charge in [-0.3, -0.25) is 0 Å². The lowest BCUT2D eigenvalue weighted by Crippen LogP contribution is -2.36. The smallest absolute Gasteiger partial charge is 0.237 e. The van der Waals surface area contributed by atoms with Crippen molar-refractivity contribution in [2.45, 2.75) is 103 Å². The molecule has 0 aliphatic heterocycles. The van der Waals surface area contributed by atoms with Gasteiger partial charge >= 0.3 is 0 Å². The summed E-state index contributed by atoms with van der Waals surface area (Å²) in [6.45, 7) is 5.72. The maximum absolute atomic E-state index is 2.52. The molecule has 0 spiro atoms. The van der Waals surface area contributed by atoms with Crippen LogP contribution in [0.25, 0.3) is 0 Å². The Morgan fingerprint density at radius 2 is 1.29 bits per heavy atom. The standard InChI is InChI=1S/C32H47N2/c1-4-5-6-7-8-9-10-11-12-19-24-31-33(3)25-26-34(31)28-32(2,30-22-17-14-18-23-30)27-29-20-15-13-16-21-29/h13-18,20-23,25-26H,4-12,19,24,27-28H2,1-3H3/q+1. The fourth-order valence-electron chi connectivity index (χ4n) is 5.30. The molecule has 0 aliphatic rings. The van der Waals surface area contributed by atoms with Gasteiger partial charge in [0.1, 0.15) is 12.4 Å². The second kappa shape index (κ2) is 14.1. The molecule has 2 nitrogen and oxygen atoms in total. The summed E-state index contributed by atoms with van der Waals surface area (Å²) >= 11 is 0.